The zero-order valence-electron chi connectivity index (χ0n) is 16.4. The second-order valence-corrected chi connectivity index (χ2v) is 11.1. The van der Waals surface area contributed by atoms with Crippen molar-refractivity contribution in [2.45, 2.75) is 38.6 Å². The van der Waals surface area contributed by atoms with E-state index in [-0.39, 0.29) is 18.4 Å². The first kappa shape index (κ1) is 20.7. The van der Waals surface area contributed by atoms with Gasteiger partial charge in [0, 0.05) is 28.1 Å². The predicted molar refractivity (Wildman–Crippen MR) is 120 cm³/mol. The maximum atomic E-state index is 13.0. The highest BCUT2D eigenvalue weighted by atomic mass is 35.5. The lowest BCUT2D eigenvalue weighted by Crippen LogP contribution is -2.39. The summed E-state index contributed by atoms with van der Waals surface area (Å²) in [4.78, 5) is 14.9. The highest BCUT2D eigenvalue weighted by molar-refractivity contribution is 7.93. The molecule has 0 saturated carbocycles. The minimum atomic E-state index is -2.12. The van der Waals surface area contributed by atoms with Crippen LogP contribution in [0.2, 0.25) is 10.0 Å². The molecule has 2 aromatic rings. The molecule has 2 aliphatic rings. The van der Waals surface area contributed by atoms with Crippen LogP contribution in [0.15, 0.2) is 40.8 Å². The SMILES string of the molecule is C[C@H]1c2cccc(N=S3(=O)CCCC3)c2CCN1C(=O)Cc1c(Cl)cccc1Cl. The fourth-order valence-electron chi connectivity index (χ4n) is 4.26. The quantitative estimate of drug-likeness (QED) is 0.612. The van der Waals surface area contributed by atoms with Crippen molar-refractivity contribution in [2.24, 2.45) is 4.36 Å². The van der Waals surface area contributed by atoms with E-state index in [1.165, 1.54) is 0 Å². The van der Waals surface area contributed by atoms with E-state index in [0.29, 0.717) is 40.1 Å². The molecule has 2 aromatic carbocycles. The highest BCUT2D eigenvalue weighted by Crippen LogP contribution is 2.37. The molecule has 0 unspecified atom stereocenters. The van der Waals surface area contributed by atoms with Crippen molar-refractivity contribution in [1.29, 1.82) is 0 Å². The van der Waals surface area contributed by atoms with Crippen LogP contribution in [0.3, 0.4) is 0 Å². The smallest absolute Gasteiger partial charge is 0.227 e. The van der Waals surface area contributed by atoms with Gasteiger partial charge in [-0.05, 0) is 61.1 Å². The minimum absolute atomic E-state index is 0.00204. The zero-order chi connectivity index (χ0) is 20.6. The number of halogens is 2. The molecule has 0 radical (unpaired) electrons. The van der Waals surface area contributed by atoms with Crippen LogP contribution in [0.1, 0.15) is 42.5 Å². The number of benzene rings is 2. The van der Waals surface area contributed by atoms with Gasteiger partial charge in [0.15, 0.2) is 0 Å². The summed E-state index contributed by atoms with van der Waals surface area (Å²) in [6.07, 6.45) is 2.86. The molecule has 2 heterocycles. The van der Waals surface area contributed by atoms with Crippen molar-refractivity contribution in [3.05, 3.63) is 63.1 Å². The fourth-order valence-corrected chi connectivity index (χ4v) is 7.02. The largest absolute Gasteiger partial charge is 0.335 e. The predicted octanol–water partition coefficient (Wildman–Crippen LogP) is 5.58. The van der Waals surface area contributed by atoms with Gasteiger partial charge in [0.25, 0.3) is 0 Å². The molecular formula is C22H24Cl2N2O2S. The zero-order valence-corrected chi connectivity index (χ0v) is 18.7. The number of carbonyl (C=O) groups excluding carboxylic acids is 1. The number of carbonyl (C=O) groups is 1. The third-order valence-electron chi connectivity index (χ3n) is 5.86. The molecule has 2 aliphatic heterocycles. The van der Waals surface area contributed by atoms with Crippen LogP contribution in [0.25, 0.3) is 0 Å². The summed E-state index contributed by atoms with van der Waals surface area (Å²) in [5.74, 6) is 1.38. The second-order valence-electron chi connectivity index (χ2n) is 7.71. The van der Waals surface area contributed by atoms with Gasteiger partial charge in [-0.25, -0.2) is 4.21 Å². The number of rotatable bonds is 3. The Morgan fingerprint density at radius 3 is 2.48 bits per heavy atom. The Morgan fingerprint density at radius 2 is 1.79 bits per heavy atom. The van der Waals surface area contributed by atoms with Crippen LogP contribution in [0.4, 0.5) is 5.69 Å². The van der Waals surface area contributed by atoms with Gasteiger partial charge >= 0.3 is 0 Å². The van der Waals surface area contributed by atoms with Gasteiger partial charge in [-0.1, -0.05) is 41.4 Å². The number of nitrogens with zero attached hydrogens (tertiary/aromatic N) is 2. The van der Waals surface area contributed by atoms with Gasteiger partial charge < -0.3 is 4.90 Å². The van der Waals surface area contributed by atoms with Gasteiger partial charge in [-0.2, -0.15) is 4.36 Å². The summed E-state index contributed by atoms with van der Waals surface area (Å²) in [6.45, 7) is 2.63. The minimum Gasteiger partial charge on any atom is -0.335 e. The van der Waals surface area contributed by atoms with E-state index in [4.69, 9.17) is 23.2 Å². The fraction of sp³-hybridized carbons (Fsp3) is 0.409. The van der Waals surface area contributed by atoms with Gasteiger partial charge in [-0.15, -0.1) is 0 Å². The summed E-state index contributed by atoms with van der Waals surface area (Å²) in [5, 5.41) is 1.02. The number of hydrogen-bond acceptors (Lipinski definition) is 3. The summed E-state index contributed by atoms with van der Waals surface area (Å²) >= 11 is 12.5. The summed E-state index contributed by atoms with van der Waals surface area (Å²) in [5.41, 5.74) is 3.70. The van der Waals surface area contributed by atoms with E-state index in [2.05, 4.69) is 4.36 Å². The molecule has 1 atom stereocenters. The second kappa shape index (κ2) is 8.29. The number of fused-ring (bicyclic) bond motifs is 1. The lowest BCUT2D eigenvalue weighted by atomic mass is 9.92. The van der Waals surface area contributed by atoms with Crippen LogP contribution in [0, 0.1) is 0 Å². The summed E-state index contributed by atoms with van der Waals surface area (Å²) < 4.78 is 17.6. The third-order valence-corrected chi connectivity index (χ3v) is 8.95. The number of hydrogen-bond donors (Lipinski definition) is 0. The van der Waals surface area contributed by atoms with Crippen molar-refractivity contribution in [3.8, 4) is 0 Å². The van der Waals surface area contributed by atoms with Gasteiger partial charge in [-0.3, -0.25) is 4.79 Å². The monoisotopic (exact) mass is 450 g/mol. The topological polar surface area (TPSA) is 49.7 Å². The van der Waals surface area contributed by atoms with Crippen molar-refractivity contribution >= 4 is 44.5 Å². The van der Waals surface area contributed by atoms with E-state index in [1.54, 1.807) is 18.2 Å². The van der Waals surface area contributed by atoms with E-state index in [9.17, 15) is 9.00 Å². The van der Waals surface area contributed by atoms with Crippen LogP contribution in [0.5, 0.6) is 0 Å². The lowest BCUT2D eigenvalue weighted by molar-refractivity contribution is -0.133. The normalized spacial score (nSPS) is 20.4. The first-order chi connectivity index (χ1) is 13.9. The number of amides is 1. The maximum Gasteiger partial charge on any atom is 0.227 e. The van der Waals surface area contributed by atoms with Crippen LogP contribution in [-0.4, -0.2) is 33.1 Å². The van der Waals surface area contributed by atoms with Crippen molar-refractivity contribution in [2.75, 3.05) is 18.1 Å². The maximum absolute atomic E-state index is 13.0. The standard InChI is InChI=1S/C22H24Cl2N2O2S/c1-15-16-6-4-9-21(25-29(28)12-2-3-13-29)17(16)10-11-26(15)22(27)14-18-19(23)7-5-8-20(18)24/h4-9,15H,2-3,10-14H2,1H3/t15-/m0/s1. The summed E-state index contributed by atoms with van der Waals surface area (Å²) in [6, 6.07) is 11.2. The van der Waals surface area contributed by atoms with Crippen molar-refractivity contribution in [3.63, 3.8) is 0 Å². The Balaban J connectivity index is 1.61. The van der Waals surface area contributed by atoms with Gasteiger partial charge in [0.05, 0.1) is 27.9 Å². The molecule has 0 bridgehead atoms. The first-order valence-electron chi connectivity index (χ1n) is 9.95. The molecule has 4 nitrogen and oxygen atoms in total. The molecule has 4 rings (SSSR count). The molecule has 0 aromatic heterocycles. The lowest BCUT2D eigenvalue weighted by Gasteiger charge is -2.36. The van der Waals surface area contributed by atoms with E-state index >= 15 is 0 Å². The van der Waals surface area contributed by atoms with Crippen LogP contribution in [-0.2, 0) is 27.4 Å². The van der Waals surface area contributed by atoms with Crippen molar-refractivity contribution in [1.82, 2.24) is 4.90 Å². The van der Waals surface area contributed by atoms with E-state index < -0.39 is 9.73 Å². The molecule has 0 aliphatic carbocycles. The molecule has 1 fully saturated rings. The molecule has 0 N–H and O–H groups in total. The molecule has 29 heavy (non-hydrogen) atoms. The Kier molecular flexibility index (Phi) is 5.92. The third kappa shape index (κ3) is 4.18. The Morgan fingerprint density at radius 1 is 1.14 bits per heavy atom. The van der Waals surface area contributed by atoms with Crippen LogP contribution >= 0.6 is 23.2 Å². The Labute approximate surface area is 182 Å². The molecule has 154 valence electrons. The van der Waals surface area contributed by atoms with Crippen LogP contribution < -0.4 is 0 Å². The average Bonchev–Trinajstić information content (AvgIpc) is 3.11. The Hall–Kier alpha value is -1.56. The molecule has 1 amide bonds. The first-order valence-corrected chi connectivity index (χ1v) is 12.6. The summed E-state index contributed by atoms with van der Waals surface area (Å²) in [7, 11) is -2.12. The van der Waals surface area contributed by atoms with Gasteiger partial charge in [0.1, 0.15) is 0 Å². The average molecular weight is 451 g/mol. The molecule has 7 heteroatoms. The van der Waals surface area contributed by atoms with Crippen molar-refractivity contribution < 1.29 is 9.00 Å². The Bertz CT molecular complexity index is 1040. The van der Waals surface area contributed by atoms with E-state index in [0.717, 1.165) is 29.7 Å². The molecular weight excluding hydrogens is 427 g/mol. The molecule has 1 saturated heterocycles. The highest BCUT2D eigenvalue weighted by Gasteiger charge is 2.30. The molecule has 0 spiro atoms. The van der Waals surface area contributed by atoms with Gasteiger partial charge in [0.2, 0.25) is 5.91 Å². The van der Waals surface area contributed by atoms with E-state index in [1.807, 2.05) is 30.0 Å².